The van der Waals surface area contributed by atoms with Crippen LogP contribution in [0.5, 0.6) is 0 Å². The molecular weight excluding hydrogens is 715 g/mol. The Morgan fingerprint density at radius 1 is 0.373 bits per heavy atom. The van der Waals surface area contributed by atoms with Gasteiger partial charge in [-0.15, -0.1) is 0 Å². The number of fused-ring (bicyclic) bond motifs is 6. The zero-order chi connectivity index (χ0) is 39.5. The molecule has 0 aliphatic heterocycles. The maximum atomic E-state index is 6.28. The van der Waals surface area contributed by atoms with Crippen LogP contribution in [-0.4, -0.2) is 0 Å². The molecule has 10 aromatic rings. The summed E-state index contributed by atoms with van der Waals surface area (Å²) in [5.74, 6) is 0. The second kappa shape index (κ2) is 13.9. The van der Waals surface area contributed by atoms with Gasteiger partial charge in [0, 0.05) is 33.0 Å². The first-order chi connectivity index (χ1) is 29.0. The molecular formula is C57H41NO. The van der Waals surface area contributed by atoms with Crippen molar-refractivity contribution >= 4 is 39.0 Å². The molecule has 0 N–H and O–H groups in total. The molecule has 0 radical (unpaired) electrons. The maximum Gasteiger partial charge on any atom is 0.135 e. The number of hydrogen-bond donors (Lipinski definition) is 0. The van der Waals surface area contributed by atoms with E-state index in [-0.39, 0.29) is 5.41 Å². The Morgan fingerprint density at radius 3 is 1.71 bits per heavy atom. The van der Waals surface area contributed by atoms with Crippen LogP contribution < -0.4 is 4.90 Å². The molecule has 0 unspecified atom stereocenters. The summed E-state index contributed by atoms with van der Waals surface area (Å²) in [4.78, 5) is 2.47. The zero-order valence-corrected chi connectivity index (χ0v) is 33.1. The van der Waals surface area contributed by atoms with Gasteiger partial charge in [0.2, 0.25) is 0 Å². The van der Waals surface area contributed by atoms with Gasteiger partial charge < -0.3 is 9.32 Å². The second-order valence-electron chi connectivity index (χ2n) is 16.0. The van der Waals surface area contributed by atoms with E-state index in [1.807, 2.05) is 12.1 Å². The van der Waals surface area contributed by atoms with E-state index in [1.165, 1.54) is 55.6 Å². The van der Waals surface area contributed by atoms with Gasteiger partial charge in [0.15, 0.2) is 0 Å². The maximum absolute atomic E-state index is 6.28. The molecule has 0 spiro atoms. The second-order valence-corrected chi connectivity index (χ2v) is 16.0. The van der Waals surface area contributed by atoms with Crippen molar-refractivity contribution in [3.05, 3.63) is 223 Å². The molecule has 2 nitrogen and oxygen atoms in total. The molecule has 280 valence electrons. The quantitative estimate of drug-likeness (QED) is 0.161. The van der Waals surface area contributed by atoms with E-state index in [4.69, 9.17) is 4.42 Å². The molecule has 59 heavy (non-hydrogen) atoms. The number of para-hydroxylation sites is 2. The van der Waals surface area contributed by atoms with E-state index in [0.717, 1.165) is 50.1 Å². The summed E-state index contributed by atoms with van der Waals surface area (Å²) in [5, 5.41) is 2.23. The summed E-state index contributed by atoms with van der Waals surface area (Å²) >= 11 is 0. The molecule has 1 aliphatic carbocycles. The van der Waals surface area contributed by atoms with Crippen molar-refractivity contribution in [1.29, 1.82) is 0 Å². The van der Waals surface area contributed by atoms with Gasteiger partial charge >= 0.3 is 0 Å². The third-order valence-electron chi connectivity index (χ3n) is 12.3. The monoisotopic (exact) mass is 755 g/mol. The fraction of sp³-hybridized carbons (Fsp3) is 0.0526. The Balaban J connectivity index is 1.18. The lowest BCUT2D eigenvalue weighted by Crippen LogP contribution is -2.17. The number of hydrogen-bond acceptors (Lipinski definition) is 2. The highest BCUT2D eigenvalue weighted by atomic mass is 16.3. The van der Waals surface area contributed by atoms with E-state index in [0.29, 0.717) is 0 Å². The fourth-order valence-electron chi connectivity index (χ4n) is 9.58. The Kier molecular flexibility index (Phi) is 8.20. The molecule has 1 heterocycles. The first-order valence-corrected chi connectivity index (χ1v) is 20.4. The fourth-order valence-corrected chi connectivity index (χ4v) is 9.58. The van der Waals surface area contributed by atoms with Crippen LogP contribution in [0.1, 0.15) is 25.0 Å². The van der Waals surface area contributed by atoms with Crippen LogP contribution >= 0.6 is 0 Å². The summed E-state index contributed by atoms with van der Waals surface area (Å²) in [6.45, 7) is 4.76. The van der Waals surface area contributed by atoms with E-state index in [9.17, 15) is 0 Å². The number of rotatable bonds is 7. The average Bonchev–Trinajstić information content (AvgIpc) is 3.79. The highest BCUT2D eigenvalue weighted by Crippen LogP contribution is 2.55. The van der Waals surface area contributed by atoms with Gasteiger partial charge in [-0.25, -0.2) is 0 Å². The largest absolute Gasteiger partial charge is 0.456 e. The summed E-state index contributed by atoms with van der Waals surface area (Å²) in [7, 11) is 0. The van der Waals surface area contributed by atoms with Crippen LogP contribution in [0.2, 0.25) is 0 Å². The number of benzene rings is 9. The molecule has 0 fully saturated rings. The summed E-state index contributed by atoms with van der Waals surface area (Å²) < 4.78 is 6.28. The van der Waals surface area contributed by atoms with Gasteiger partial charge in [0.05, 0.1) is 11.4 Å². The zero-order valence-electron chi connectivity index (χ0n) is 33.1. The molecule has 9 aromatic carbocycles. The van der Waals surface area contributed by atoms with Crippen LogP contribution in [0.15, 0.2) is 217 Å². The summed E-state index contributed by atoms with van der Waals surface area (Å²) in [6, 6.07) is 77.0. The lowest BCUT2D eigenvalue weighted by Gasteiger charge is -2.32. The molecule has 2 heteroatoms. The molecule has 1 aliphatic rings. The van der Waals surface area contributed by atoms with E-state index < -0.39 is 0 Å². The van der Waals surface area contributed by atoms with Crippen molar-refractivity contribution in [1.82, 2.24) is 0 Å². The van der Waals surface area contributed by atoms with Gasteiger partial charge in [-0.2, -0.15) is 0 Å². The minimum Gasteiger partial charge on any atom is -0.456 e. The standard InChI is InChI=1S/C57H41NO/c1-57(2)50-27-12-9-22-44(50)47-25-15-26-48(56(47)57)46-24-16-29-52(55(46)40-19-7-4-8-20-40)58(42-34-31-39(32-35-42)38-17-5-3-6-18-38)51-28-13-10-21-43(51)41-33-36-54-49(37-41)45-23-11-14-30-53(45)59-54/h3-37H,1-2H3. The van der Waals surface area contributed by atoms with E-state index >= 15 is 0 Å². The van der Waals surface area contributed by atoms with Crippen molar-refractivity contribution in [2.45, 2.75) is 19.3 Å². The van der Waals surface area contributed by atoms with E-state index in [1.54, 1.807) is 0 Å². The number of furan rings is 1. The predicted molar refractivity (Wildman–Crippen MR) is 248 cm³/mol. The number of anilines is 3. The average molecular weight is 756 g/mol. The van der Waals surface area contributed by atoms with Crippen LogP contribution in [0.4, 0.5) is 17.1 Å². The highest BCUT2D eigenvalue weighted by Gasteiger charge is 2.38. The Hall–Kier alpha value is -7.42. The Labute approximate surface area is 345 Å². The third kappa shape index (κ3) is 5.71. The molecule has 11 rings (SSSR count). The van der Waals surface area contributed by atoms with Crippen molar-refractivity contribution in [3.8, 4) is 55.6 Å². The normalized spacial score (nSPS) is 12.7. The van der Waals surface area contributed by atoms with Crippen LogP contribution in [-0.2, 0) is 5.41 Å². The highest BCUT2D eigenvalue weighted by molar-refractivity contribution is 6.07. The van der Waals surface area contributed by atoms with Crippen LogP contribution in [0.25, 0.3) is 77.6 Å². The lowest BCUT2D eigenvalue weighted by molar-refractivity contribution is 0.662. The smallest absolute Gasteiger partial charge is 0.135 e. The molecule has 1 aromatic heterocycles. The molecule has 0 bridgehead atoms. The first-order valence-electron chi connectivity index (χ1n) is 20.4. The van der Waals surface area contributed by atoms with Crippen molar-refractivity contribution < 1.29 is 4.42 Å². The molecule has 0 atom stereocenters. The summed E-state index contributed by atoms with van der Waals surface area (Å²) in [5.41, 5.74) is 19.7. The van der Waals surface area contributed by atoms with Crippen molar-refractivity contribution in [3.63, 3.8) is 0 Å². The van der Waals surface area contributed by atoms with Gasteiger partial charge in [-0.3, -0.25) is 0 Å². The molecule has 0 saturated carbocycles. The van der Waals surface area contributed by atoms with Crippen molar-refractivity contribution in [2.24, 2.45) is 0 Å². The minimum absolute atomic E-state index is 0.179. The first kappa shape index (κ1) is 34.8. The van der Waals surface area contributed by atoms with Gasteiger partial charge in [0.1, 0.15) is 11.2 Å². The molecule has 0 saturated heterocycles. The van der Waals surface area contributed by atoms with Crippen LogP contribution in [0.3, 0.4) is 0 Å². The lowest BCUT2D eigenvalue weighted by atomic mass is 9.77. The Morgan fingerprint density at radius 2 is 0.915 bits per heavy atom. The summed E-state index contributed by atoms with van der Waals surface area (Å²) in [6.07, 6.45) is 0. The topological polar surface area (TPSA) is 16.4 Å². The SMILES string of the molecule is CC1(C)c2ccccc2-c2cccc(-c3cccc(N(c4ccc(-c5ccccc5)cc4)c4ccccc4-c4ccc5oc6ccccc6c5c4)c3-c3ccccc3)c21. The van der Waals surface area contributed by atoms with Crippen molar-refractivity contribution in [2.75, 3.05) is 4.90 Å². The van der Waals surface area contributed by atoms with Gasteiger partial charge in [-0.1, -0.05) is 184 Å². The van der Waals surface area contributed by atoms with E-state index in [2.05, 4.69) is 219 Å². The molecule has 0 amide bonds. The number of nitrogens with zero attached hydrogens (tertiary/aromatic N) is 1. The predicted octanol–water partition coefficient (Wildman–Crippen LogP) is 16.0. The Bertz CT molecular complexity index is 3170. The minimum atomic E-state index is -0.179. The van der Waals surface area contributed by atoms with Gasteiger partial charge in [-0.05, 0) is 98.1 Å². The van der Waals surface area contributed by atoms with Gasteiger partial charge in [0.25, 0.3) is 0 Å². The third-order valence-corrected chi connectivity index (χ3v) is 12.3. The van der Waals surface area contributed by atoms with Crippen LogP contribution in [0, 0.1) is 0 Å².